The Kier molecular flexibility index (Phi) is 3.08. The van der Waals surface area contributed by atoms with E-state index in [0.717, 1.165) is 15.4 Å². The Morgan fingerprint density at radius 3 is 2.45 bits per heavy atom. The highest BCUT2D eigenvalue weighted by Gasteiger charge is 2.35. The van der Waals surface area contributed by atoms with Gasteiger partial charge in [-0.1, -0.05) is 36.4 Å². The minimum absolute atomic E-state index is 0.199. The Morgan fingerprint density at radius 2 is 1.75 bits per heavy atom. The van der Waals surface area contributed by atoms with Crippen molar-refractivity contribution in [2.75, 3.05) is 0 Å². The van der Waals surface area contributed by atoms with Crippen LogP contribution in [0.15, 0.2) is 68.8 Å². The van der Waals surface area contributed by atoms with Crippen LogP contribution in [0.3, 0.4) is 0 Å². The molecule has 1 aliphatic rings. The Morgan fingerprint density at radius 1 is 1.10 bits per heavy atom. The molecule has 2 aromatic carbocycles. The van der Waals surface area contributed by atoms with Gasteiger partial charge < -0.3 is 9.87 Å². The van der Waals surface area contributed by atoms with Crippen LogP contribution in [0, 0.1) is 0 Å². The molecular weight excluding hydrogens is 272 g/mol. The fourth-order valence-corrected chi connectivity index (χ4v) is 4.33. The molecule has 1 amide bonds. The van der Waals surface area contributed by atoms with Gasteiger partial charge in [-0.15, -0.1) is 0 Å². The molecule has 102 valence electrons. The molecule has 2 N–H and O–H groups in total. The molecule has 0 radical (unpaired) electrons. The maximum absolute atomic E-state index is 11.3. The summed E-state index contributed by atoms with van der Waals surface area (Å²) in [5.41, 5.74) is 0.782. The van der Waals surface area contributed by atoms with Crippen molar-refractivity contribution in [3.8, 4) is 0 Å². The van der Waals surface area contributed by atoms with Crippen LogP contribution in [-0.2, 0) is 4.79 Å². The Bertz CT molecular complexity index is 700. The van der Waals surface area contributed by atoms with Gasteiger partial charge >= 0.3 is 0 Å². The lowest BCUT2D eigenvalue weighted by molar-refractivity contribution is -0.117. The Labute approximate surface area is 118 Å². The predicted octanol–water partition coefficient (Wildman–Crippen LogP) is 3.19. The first-order valence-corrected chi connectivity index (χ1v) is 7.74. The molecule has 0 spiro atoms. The van der Waals surface area contributed by atoms with Crippen molar-refractivity contribution < 1.29 is 9.35 Å². The lowest BCUT2D eigenvalue weighted by atomic mass is 10.2. The highest BCUT2D eigenvalue weighted by atomic mass is 32.3. The van der Waals surface area contributed by atoms with E-state index in [9.17, 15) is 9.35 Å². The minimum atomic E-state index is -2.46. The molecule has 0 bridgehead atoms. The number of nitrogens with zero attached hydrogens (tertiary/aromatic N) is 1. The van der Waals surface area contributed by atoms with Crippen molar-refractivity contribution in [3.05, 3.63) is 60.2 Å². The molecule has 4 nitrogen and oxygen atoms in total. The summed E-state index contributed by atoms with van der Waals surface area (Å²) in [6.07, 6.45) is 0. The van der Waals surface area contributed by atoms with E-state index >= 15 is 0 Å². The van der Waals surface area contributed by atoms with E-state index < -0.39 is 10.5 Å². The number of benzene rings is 2. The van der Waals surface area contributed by atoms with E-state index in [-0.39, 0.29) is 5.91 Å². The molecule has 0 aliphatic carbocycles. The number of amidine groups is 1. The summed E-state index contributed by atoms with van der Waals surface area (Å²) in [5.74, 6) is 0.240. The first-order valence-electron chi connectivity index (χ1n) is 6.19. The number of hydrogen-bond donors (Lipinski definition) is 2. The second-order valence-corrected chi connectivity index (χ2v) is 6.67. The minimum Gasteiger partial charge on any atom is -0.324 e. The number of rotatable bonds is 1. The van der Waals surface area contributed by atoms with Crippen molar-refractivity contribution in [1.82, 2.24) is 5.32 Å². The molecule has 20 heavy (non-hydrogen) atoms. The second kappa shape index (κ2) is 4.77. The van der Waals surface area contributed by atoms with E-state index in [1.807, 2.05) is 54.6 Å². The predicted molar refractivity (Wildman–Crippen MR) is 80.0 cm³/mol. The third-order valence-electron chi connectivity index (χ3n) is 3.04. The maximum Gasteiger partial charge on any atom is 0.222 e. The molecule has 0 fully saturated rings. The average molecular weight is 286 g/mol. The van der Waals surface area contributed by atoms with E-state index in [4.69, 9.17) is 0 Å². The zero-order valence-electron chi connectivity index (χ0n) is 10.9. The number of hydrogen-bond acceptors (Lipinski definition) is 3. The van der Waals surface area contributed by atoms with Gasteiger partial charge in [0.1, 0.15) is 5.84 Å². The fraction of sp³-hybridized carbons (Fsp3) is 0.0667. The zero-order chi connectivity index (χ0) is 14.2. The van der Waals surface area contributed by atoms with E-state index in [1.54, 1.807) is 0 Å². The van der Waals surface area contributed by atoms with E-state index in [1.165, 1.54) is 6.92 Å². The van der Waals surface area contributed by atoms with Crippen molar-refractivity contribution in [1.29, 1.82) is 0 Å². The summed E-state index contributed by atoms with van der Waals surface area (Å²) in [6, 6.07) is 16.8. The summed E-state index contributed by atoms with van der Waals surface area (Å²) in [7, 11) is -2.46. The van der Waals surface area contributed by atoms with Crippen LogP contribution in [0.5, 0.6) is 0 Å². The van der Waals surface area contributed by atoms with Gasteiger partial charge in [-0.25, -0.2) is 0 Å². The fourth-order valence-electron chi connectivity index (χ4n) is 2.19. The third-order valence-corrected chi connectivity index (χ3v) is 5.38. The molecule has 0 saturated carbocycles. The highest BCUT2D eigenvalue weighted by molar-refractivity contribution is 8.28. The zero-order valence-corrected chi connectivity index (χ0v) is 11.7. The largest absolute Gasteiger partial charge is 0.324 e. The first-order chi connectivity index (χ1) is 9.61. The van der Waals surface area contributed by atoms with Crippen LogP contribution in [0.4, 0.5) is 0 Å². The topological polar surface area (TPSA) is 61.7 Å². The molecule has 1 heterocycles. The van der Waals surface area contributed by atoms with Crippen LogP contribution in [-0.4, -0.2) is 16.3 Å². The average Bonchev–Trinajstić information content (AvgIpc) is 2.74. The van der Waals surface area contributed by atoms with Gasteiger partial charge in [0.25, 0.3) is 0 Å². The summed E-state index contributed by atoms with van der Waals surface area (Å²) in [5, 5.41) is 2.69. The quantitative estimate of drug-likeness (QED) is 0.845. The van der Waals surface area contributed by atoms with E-state index in [0.29, 0.717) is 5.84 Å². The van der Waals surface area contributed by atoms with Gasteiger partial charge in [-0.05, 0) is 18.2 Å². The van der Waals surface area contributed by atoms with Crippen LogP contribution < -0.4 is 5.32 Å². The van der Waals surface area contributed by atoms with Crippen LogP contribution in [0.25, 0.3) is 0 Å². The van der Waals surface area contributed by atoms with Crippen molar-refractivity contribution in [2.24, 2.45) is 4.40 Å². The monoisotopic (exact) mass is 286 g/mol. The van der Waals surface area contributed by atoms with Crippen LogP contribution in [0.2, 0.25) is 0 Å². The summed E-state index contributed by atoms with van der Waals surface area (Å²) < 4.78 is 15.5. The number of carbonyl (C=O) groups is 1. The molecule has 5 heteroatoms. The van der Waals surface area contributed by atoms with Gasteiger partial charge in [0.2, 0.25) is 5.91 Å². The Balaban J connectivity index is 2.17. The lowest BCUT2D eigenvalue weighted by Crippen LogP contribution is -2.27. The lowest BCUT2D eigenvalue weighted by Gasteiger charge is -2.26. The molecular formula is C15H14N2O2S. The maximum atomic E-state index is 11.3. The van der Waals surface area contributed by atoms with E-state index in [2.05, 4.69) is 9.71 Å². The summed E-state index contributed by atoms with van der Waals surface area (Å²) >= 11 is 0. The molecule has 1 unspecified atom stereocenters. The van der Waals surface area contributed by atoms with Crippen LogP contribution >= 0.6 is 10.5 Å². The smallest absolute Gasteiger partial charge is 0.222 e. The molecule has 3 rings (SSSR count). The molecule has 2 aromatic rings. The number of carbonyl (C=O) groups excluding carboxylic acids is 1. The number of fused-ring (bicyclic) bond motifs is 1. The van der Waals surface area contributed by atoms with Gasteiger partial charge in [0.15, 0.2) is 0 Å². The van der Waals surface area contributed by atoms with Crippen molar-refractivity contribution in [3.63, 3.8) is 0 Å². The molecule has 1 aliphatic heterocycles. The first kappa shape index (κ1) is 12.9. The second-order valence-electron chi connectivity index (χ2n) is 4.48. The molecule has 1 atom stereocenters. The van der Waals surface area contributed by atoms with Gasteiger partial charge in [0, 0.05) is 32.8 Å². The number of amides is 1. The van der Waals surface area contributed by atoms with Gasteiger partial charge in [-0.3, -0.25) is 4.79 Å². The number of nitrogens with one attached hydrogen (secondary N) is 1. The molecule has 0 aromatic heterocycles. The summed E-state index contributed by atoms with van der Waals surface area (Å²) in [4.78, 5) is 12.8. The van der Waals surface area contributed by atoms with Crippen molar-refractivity contribution in [2.45, 2.75) is 16.7 Å². The van der Waals surface area contributed by atoms with Crippen molar-refractivity contribution >= 4 is 22.2 Å². The van der Waals surface area contributed by atoms with Gasteiger partial charge in [-0.2, -0.15) is 4.40 Å². The van der Waals surface area contributed by atoms with Crippen LogP contribution in [0.1, 0.15) is 12.5 Å². The standard InChI is InChI=1S/C15H14N2O2S/c1-11(18)16-15-13-9-5-6-10-14(13)20(19,17-15)12-7-3-2-4-8-12/h2-10,19H,1H3,(H,16,17,18). The summed E-state index contributed by atoms with van der Waals surface area (Å²) in [6.45, 7) is 1.43. The Hall–Kier alpha value is -2.11. The normalized spacial score (nSPS) is 23.4. The van der Waals surface area contributed by atoms with Gasteiger partial charge in [0.05, 0.1) is 0 Å². The highest BCUT2D eigenvalue weighted by Crippen LogP contribution is 2.64. The molecule has 0 saturated heterocycles. The third kappa shape index (κ3) is 2.01. The SMILES string of the molecule is CC(=O)NC1=NS(O)(c2ccccc2)c2ccccc21.